The van der Waals surface area contributed by atoms with Gasteiger partial charge in [0.25, 0.3) is 0 Å². The molecule has 2 atom stereocenters. The van der Waals surface area contributed by atoms with Gasteiger partial charge >= 0.3 is 0 Å². The summed E-state index contributed by atoms with van der Waals surface area (Å²) in [7, 11) is -3.43. The lowest BCUT2D eigenvalue weighted by Crippen LogP contribution is -2.41. The van der Waals surface area contributed by atoms with Gasteiger partial charge in [-0.2, -0.15) is 0 Å². The lowest BCUT2D eigenvalue weighted by molar-refractivity contribution is 0.282. The number of rotatable bonds is 5. The molecule has 0 saturated heterocycles. The molecule has 0 bridgehead atoms. The third-order valence-corrected chi connectivity index (χ3v) is 6.85. The predicted molar refractivity (Wildman–Crippen MR) is 76.6 cm³/mol. The summed E-state index contributed by atoms with van der Waals surface area (Å²) >= 11 is 1.14. The molecular formula is C13H21NO3S2. The van der Waals surface area contributed by atoms with Gasteiger partial charge in [0.05, 0.1) is 6.61 Å². The van der Waals surface area contributed by atoms with Crippen LogP contribution < -0.4 is 4.72 Å². The molecule has 1 aromatic rings. The number of sulfonamides is 1. The fourth-order valence-corrected chi connectivity index (χ4v) is 5.27. The number of thiophene rings is 1. The quantitative estimate of drug-likeness (QED) is 0.878. The lowest BCUT2D eigenvalue weighted by Gasteiger charge is -2.31. The standard InChI is InChI=1S/C13H21NO3S2/c1-2-10-5-3-4-6-12(10)14-19(16,17)13-8-7-11(9-15)18-13/h7-8,10,12,14-15H,2-6,9H2,1H3. The number of hydrogen-bond donors (Lipinski definition) is 2. The molecule has 1 aliphatic rings. The third-order valence-electron chi connectivity index (χ3n) is 3.80. The van der Waals surface area contributed by atoms with E-state index in [9.17, 15) is 8.42 Å². The minimum Gasteiger partial charge on any atom is -0.391 e. The summed E-state index contributed by atoms with van der Waals surface area (Å²) in [4.78, 5) is 0.677. The lowest BCUT2D eigenvalue weighted by atomic mass is 9.83. The van der Waals surface area contributed by atoms with Crippen molar-refractivity contribution < 1.29 is 13.5 Å². The van der Waals surface area contributed by atoms with Crippen molar-refractivity contribution in [2.75, 3.05) is 0 Å². The Morgan fingerprint density at radius 2 is 2.11 bits per heavy atom. The maximum absolute atomic E-state index is 12.3. The van der Waals surface area contributed by atoms with Crippen LogP contribution in [-0.4, -0.2) is 19.6 Å². The molecule has 0 spiro atoms. The van der Waals surface area contributed by atoms with E-state index in [1.165, 1.54) is 6.42 Å². The number of aliphatic hydroxyl groups excluding tert-OH is 1. The molecule has 0 aromatic carbocycles. The van der Waals surface area contributed by atoms with E-state index < -0.39 is 10.0 Å². The second kappa shape index (κ2) is 6.35. The molecule has 0 radical (unpaired) electrons. The molecule has 1 aromatic heterocycles. The van der Waals surface area contributed by atoms with E-state index in [-0.39, 0.29) is 12.6 Å². The Bertz CT molecular complexity index is 510. The first-order valence-corrected chi connectivity index (χ1v) is 9.08. The van der Waals surface area contributed by atoms with Crippen molar-refractivity contribution >= 4 is 21.4 Å². The molecule has 4 nitrogen and oxygen atoms in total. The van der Waals surface area contributed by atoms with Gasteiger partial charge in [-0.1, -0.05) is 26.2 Å². The second-order valence-electron chi connectivity index (χ2n) is 5.06. The van der Waals surface area contributed by atoms with Gasteiger partial charge in [0.2, 0.25) is 10.0 Å². The summed E-state index contributed by atoms with van der Waals surface area (Å²) < 4.78 is 27.8. The number of hydrogen-bond acceptors (Lipinski definition) is 4. The summed E-state index contributed by atoms with van der Waals surface area (Å²) in [6.07, 6.45) is 5.34. The van der Waals surface area contributed by atoms with E-state index in [4.69, 9.17) is 5.11 Å². The highest BCUT2D eigenvalue weighted by Crippen LogP contribution is 2.29. The van der Waals surface area contributed by atoms with Crippen LogP contribution in [-0.2, 0) is 16.6 Å². The van der Waals surface area contributed by atoms with Crippen LogP contribution in [0.1, 0.15) is 43.9 Å². The fraction of sp³-hybridized carbons (Fsp3) is 0.692. The Balaban J connectivity index is 2.11. The van der Waals surface area contributed by atoms with Gasteiger partial charge in [0.15, 0.2) is 0 Å². The van der Waals surface area contributed by atoms with Gasteiger partial charge in [0.1, 0.15) is 4.21 Å². The van der Waals surface area contributed by atoms with Crippen LogP contribution in [0.15, 0.2) is 16.3 Å². The largest absolute Gasteiger partial charge is 0.391 e. The summed E-state index contributed by atoms with van der Waals surface area (Å²) in [5.74, 6) is 0.445. The zero-order valence-corrected chi connectivity index (χ0v) is 12.8. The number of nitrogens with one attached hydrogen (secondary N) is 1. The number of aliphatic hydroxyl groups is 1. The molecule has 2 unspecified atom stereocenters. The summed E-state index contributed by atoms with van der Waals surface area (Å²) in [6, 6.07) is 3.29. The second-order valence-corrected chi connectivity index (χ2v) is 8.17. The van der Waals surface area contributed by atoms with E-state index in [0.29, 0.717) is 15.0 Å². The molecule has 1 saturated carbocycles. The molecule has 6 heteroatoms. The topological polar surface area (TPSA) is 66.4 Å². The van der Waals surface area contributed by atoms with Crippen molar-refractivity contribution in [2.45, 2.75) is 55.9 Å². The predicted octanol–water partition coefficient (Wildman–Crippen LogP) is 2.49. The molecule has 1 aliphatic carbocycles. The van der Waals surface area contributed by atoms with Gasteiger partial charge in [-0.25, -0.2) is 13.1 Å². The minimum atomic E-state index is -3.43. The SMILES string of the molecule is CCC1CCCCC1NS(=O)(=O)c1ccc(CO)s1. The maximum Gasteiger partial charge on any atom is 0.250 e. The van der Waals surface area contributed by atoms with Crippen LogP contribution in [0.25, 0.3) is 0 Å². The average Bonchev–Trinajstić information content (AvgIpc) is 2.88. The van der Waals surface area contributed by atoms with E-state index in [1.54, 1.807) is 12.1 Å². The molecule has 19 heavy (non-hydrogen) atoms. The van der Waals surface area contributed by atoms with Crippen molar-refractivity contribution in [3.8, 4) is 0 Å². The Kier molecular flexibility index (Phi) is 5.00. The first-order valence-electron chi connectivity index (χ1n) is 6.78. The molecule has 2 N–H and O–H groups in total. The van der Waals surface area contributed by atoms with E-state index in [2.05, 4.69) is 11.6 Å². The monoisotopic (exact) mass is 303 g/mol. The van der Waals surface area contributed by atoms with E-state index in [0.717, 1.165) is 37.0 Å². The highest BCUT2D eigenvalue weighted by atomic mass is 32.2. The van der Waals surface area contributed by atoms with Crippen LogP contribution in [0, 0.1) is 5.92 Å². The average molecular weight is 303 g/mol. The first-order chi connectivity index (χ1) is 9.06. The first kappa shape index (κ1) is 15.0. The highest BCUT2D eigenvalue weighted by molar-refractivity contribution is 7.91. The molecule has 0 aliphatic heterocycles. The van der Waals surface area contributed by atoms with E-state index in [1.807, 2.05) is 0 Å². The summed E-state index contributed by atoms with van der Waals surface area (Å²) in [6.45, 7) is 2.01. The molecule has 1 fully saturated rings. The molecule has 2 rings (SSSR count). The van der Waals surface area contributed by atoms with Crippen LogP contribution in [0.3, 0.4) is 0 Å². The smallest absolute Gasteiger partial charge is 0.250 e. The Labute approximate surface area is 118 Å². The van der Waals surface area contributed by atoms with Crippen molar-refractivity contribution in [3.05, 3.63) is 17.0 Å². The van der Waals surface area contributed by atoms with Crippen LogP contribution in [0.2, 0.25) is 0 Å². The van der Waals surface area contributed by atoms with Crippen molar-refractivity contribution in [1.29, 1.82) is 0 Å². The van der Waals surface area contributed by atoms with Gasteiger partial charge in [-0.3, -0.25) is 0 Å². The Morgan fingerprint density at radius 1 is 1.37 bits per heavy atom. The summed E-state index contributed by atoms with van der Waals surface area (Å²) in [5.41, 5.74) is 0. The van der Waals surface area contributed by atoms with Crippen LogP contribution in [0.4, 0.5) is 0 Å². The normalized spacial score (nSPS) is 24.5. The van der Waals surface area contributed by atoms with Gasteiger partial charge in [-0.05, 0) is 30.9 Å². The van der Waals surface area contributed by atoms with Crippen molar-refractivity contribution in [2.24, 2.45) is 5.92 Å². The fourth-order valence-electron chi connectivity index (χ4n) is 2.70. The van der Waals surface area contributed by atoms with Crippen molar-refractivity contribution in [1.82, 2.24) is 4.72 Å². The Morgan fingerprint density at radius 3 is 2.74 bits per heavy atom. The third kappa shape index (κ3) is 3.56. The van der Waals surface area contributed by atoms with Gasteiger partial charge < -0.3 is 5.11 Å². The highest BCUT2D eigenvalue weighted by Gasteiger charge is 2.29. The maximum atomic E-state index is 12.3. The van der Waals surface area contributed by atoms with Crippen molar-refractivity contribution in [3.63, 3.8) is 0 Å². The zero-order valence-electron chi connectivity index (χ0n) is 11.1. The van der Waals surface area contributed by atoms with Gasteiger partial charge in [-0.15, -0.1) is 11.3 Å². The summed E-state index contributed by atoms with van der Waals surface area (Å²) in [5, 5.41) is 9.01. The minimum absolute atomic E-state index is 0.0587. The van der Waals surface area contributed by atoms with Crippen LogP contribution >= 0.6 is 11.3 Å². The molecule has 1 heterocycles. The zero-order chi connectivity index (χ0) is 13.9. The van der Waals surface area contributed by atoms with Gasteiger partial charge in [0, 0.05) is 10.9 Å². The van der Waals surface area contributed by atoms with E-state index >= 15 is 0 Å². The molecule has 108 valence electrons. The molecule has 0 amide bonds. The van der Waals surface area contributed by atoms with Crippen LogP contribution in [0.5, 0.6) is 0 Å². The Hall–Kier alpha value is -0.430. The molecular weight excluding hydrogens is 282 g/mol.